The van der Waals surface area contributed by atoms with Crippen LogP contribution in [0.25, 0.3) is 0 Å². The summed E-state index contributed by atoms with van der Waals surface area (Å²) in [6.07, 6.45) is 0. The number of aliphatic hydroxyl groups is 1. The standard InChI is InChI=1S/C10H11ClFNO2/c11-8-5-7(1-2-9(8)12)10(15)6-13-3-4-14/h1-2,5,13-14H,3-4,6H2. The molecule has 0 aromatic heterocycles. The Kier molecular flexibility index (Phi) is 4.68. The average Bonchev–Trinajstić information content (AvgIpc) is 2.22. The topological polar surface area (TPSA) is 49.3 Å². The first kappa shape index (κ1) is 12.1. The van der Waals surface area contributed by atoms with Crippen LogP contribution in [0.5, 0.6) is 0 Å². The van der Waals surface area contributed by atoms with Crippen molar-refractivity contribution in [3.8, 4) is 0 Å². The fourth-order valence-corrected chi connectivity index (χ4v) is 1.23. The summed E-state index contributed by atoms with van der Waals surface area (Å²) in [7, 11) is 0. The molecule has 3 nitrogen and oxygen atoms in total. The predicted octanol–water partition coefficient (Wildman–Crippen LogP) is 1.24. The minimum absolute atomic E-state index is 0.0303. The Hall–Kier alpha value is -0.970. The molecule has 0 aliphatic rings. The first-order valence-corrected chi connectivity index (χ1v) is 4.82. The van der Waals surface area contributed by atoms with E-state index in [2.05, 4.69) is 5.32 Å². The fourth-order valence-electron chi connectivity index (χ4n) is 1.05. The lowest BCUT2D eigenvalue weighted by molar-refractivity contribution is 0.0989. The van der Waals surface area contributed by atoms with Gasteiger partial charge in [-0.3, -0.25) is 4.79 Å². The van der Waals surface area contributed by atoms with Gasteiger partial charge in [-0.25, -0.2) is 4.39 Å². The Balaban J connectivity index is 2.62. The van der Waals surface area contributed by atoms with Crippen molar-refractivity contribution in [2.24, 2.45) is 0 Å². The number of aliphatic hydroxyl groups excluding tert-OH is 1. The highest BCUT2D eigenvalue weighted by Crippen LogP contribution is 2.16. The molecule has 82 valence electrons. The Morgan fingerprint density at radius 3 is 2.87 bits per heavy atom. The molecule has 0 atom stereocenters. The van der Waals surface area contributed by atoms with Gasteiger partial charge in [0.1, 0.15) is 5.82 Å². The molecule has 0 saturated carbocycles. The lowest BCUT2D eigenvalue weighted by Crippen LogP contribution is -2.25. The highest BCUT2D eigenvalue weighted by molar-refractivity contribution is 6.31. The molecule has 0 unspecified atom stereocenters. The number of rotatable bonds is 5. The van der Waals surface area contributed by atoms with Gasteiger partial charge >= 0.3 is 0 Å². The molecule has 0 heterocycles. The van der Waals surface area contributed by atoms with E-state index in [1.54, 1.807) is 0 Å². The van der Waals surface area contributed by atoms with Gasteiger partial charge in [-0.05, 0) is 18.2 Å². The van der Waals surface area contributed by atoms with Gasteiger partial charge in [0.15, 0.2) is 5.78 Å². The Morgan fingerprint density at radius 1 is 1.53 bits per heavy atom. The number of nitrogens with one attached hydrogen (secondary N) is 1. The van der Waals surface area contributed by atoms with Crippen molar-refractivity contribution < 1.29 is 14.3 Å². The molecule has 0 spiro atoms. The molecular formula is C10H11ClFNO2. The van der Waals surface area contributed by atoms with Gasteiger partial charge in [0.2, 0.25) is 0 Å². The number of ketones is 1. The minimum atomic E-state index is -0.545. The Labute approximate surface area is 91.9 Å². The Morgan fingerprint density at radius 2 is 2.27 bits per heavy atom. The van der Waals surface area contributed by atoms with Crippen LogP contribution in [0.4, 0.5) is 4.39 Å². The zero-order chi connectivity index (χ0) is 11.3. The molecule has 0 fully saturated rings. The van der Waals surface area contributed by atoms with Gasteiger partial charge < -0.3 is 10.4 Å². The van der Waals surface area contributed by atoms with E-state index in [0.29, 0.717) is 12.1 Å². The summed E-state index contributed by atoms with van der Waals surface area (Å²) in [5.41, 5.74) is 0.354. The van der Waals surface area contributed by atoms with E-state index in [-0.39, 0.29) is 24.0 Å². The van der Waals surface area contributed by atoms with Crippen LogP contribution in [0.3, 0.4) is 0 Å². The third kappa shape index (κ3) is 3.58. The summed E-state index contributed by atoms with van der Waals surface area (Å²) >= 11 is 5.53. The molecule has 1 aromatic carbocycles. The molecule has 0 saturated heterocycles. The van der Waals surface area contributed by atoms with Crippen molar-refractivity contribution in [3.63, 3.8) is 0 Å². The Bertz CT molecular complexity index is 357. The normalized spacial score (nSPS) is 10.3. The number of carbonyl (C=O) groups excluding carboxylic acids is 1. The number of carbonyl (C=O) groups is 1. The lowest BCUT2D eigenvalue weighted by atomic mass is 10.1. The van der Waals surface area contributed by atoms with E-state index in [1.807, 2.05) is 0 Å². The van der Waals surface area contributed by atoms with Crippen LogP contribution in [0.2, 0.25) is 5.02 Å². The monoisotopic (exact) mass is 231 g/mol. The van der Waals surface area contributed by atoms with E-state index in [1.165, 1.54) is 12.1 Å². The van der Waals surface area contributed by atoms with Crippen LogP contribution < -0.4 is 5.32 Å². The second-order valence-corrected chi connectivity index (χ2v) is 3.36. The van der Waals surface area contributed by atoms with Crippen molar-refractivity contribution in [3.05, 3.63) is 34.6 Å². The molecule has 15 heavy (non-hydrogen) atoms. The van der Waals surface area contributed by atoms with Crippen LogP contribution in [-0.2, 0) is 0 Å². The molecule has 0 amide bonds. The fraction of sp³-hybridized carbons (Fsp3) is 0.300. The number of hydrogen-bond acceptors (Lipinski definition) is 3. The van der Waals surface area contributed by atoms with Gasteiger partial charge in [-0.2, -0.15) is 0 Å². The van der Waals surface area contributed by atoms with Crippen LogP contribution in [0.15, 0.2) is 18.2 Å². The molecule has 0 radical (unpaired) electrons. The third-order valence-electron chi connectivity index (χ3n) is 1.82. The maximum absolute atomic E-state index is 12.8. The summed E-state index contributed by atoms with van der Waals surface area (Å²) in [6.45, 7) is 0.417. The van der Waals surface area contributed by atoms with E-state index in [9.17, 15) is 9.18 Å². The second kappa shape index (κ2) is 5.80. The van der Waals surface area contributed by atoms with Gasteiger partial charge in [-0.1, -0.05) is 11.6 Å². The van der Waals surface area contributed by atoms with E-state index in [0.717, 1.165) is 6.07 Å². The first-order chi connectivity index (χ1) is 7.15. The third-order valence-corrected chi connectivity index (χ3v) is 2.11. The maximum Gasteiger partial charge on any atom is 0.176 e. The number of hydrogen-bond donors (Lipinski definition) is 2. The van der Waals surface area contributed by atoms with Crippen LogP contribution in [-0.4, -0.2) is 30.6 Å². The first-order valence-electron chi connectivity index (χ1n) is 4.45. The zero-order valence-electron chi connectivity index (χ0n) is 7.96. The number of benzene rings is 1. The minimum Gasteiger partial charge on any atom is -0.395 e. The number of Topliss-reactive ketones (excluding diaryl/α,β-unsaturated/α-hetero) is 1. The van der Waals surface area contributed by atoms with Gasteiger partial charge in [-0.15, -0.1) is 0 Å². The van der Waals surface area contributed by atoms with Crippen molar-refractivity contribution in [1.82, 2.24) is 5.32 Å². The smallest absolute Gasteiger partial charge is 0.176 e. The largest absolute Gasteiger partial charge is 0.395 e. The molecule has 1 rings (SSSR count). The molecule has 2 N–H and O–H groups in total. The summed E-state index contributed by atoms with van der Waals surface area (Å²) in [6, 6.07) is 3.83. The quantitative estimate of drug-likeness (QED) is 0.592. The summed E-state index contributed by atoms with van der Waals surface area (Å²) < 4.78 is 12.8. The van der Waals surface area contributed by atoms with Crippen molar-refractivity contribution in [1.29, 1.82) is 0 Å². The van der Waals surface area contributed by atoms with Crippen LogP contribution in [0.1, 0.15) is 10.4 Å². The van der Waals surface area contributed by atoms with E-state index >= 15 is 0 Å². The summed E-state index contributed by atoms with van der Waals surface area (Å²) in [4.78, 5) is 11.5. The van der Waals surface area contributed by atoms with Crippen molar-refractivity contribution >= 4 is 17.4 Å². The van der Waals surface area contributed by atoms with E-state index < -0.39 is 5.82 Å². The second-order valence-electron chi connectivity index (χ2n) is 2.95. The van der Waals surface area contributed by atoms with E-state index in [4.69, 9.17) is 16.7 Å². The van der Waals surface area contributed by atoms with Gasteiger partial charge in [0.05, 0.1) is 18.2 Å². The summed E-state index contributed by atoms with van der Waals surface area (Å²) in [5, 5.41) is 11.2. The van der Waals surface area contributed by atoms with Crippen LogP contribution >= 0.6 is 11.6 Å². The lowest BCUT2D eigenvalue weighted by Gasteiger charge is -2.03. The number of halogens is 2. The molecule has 0 bridgehead atoms. The van der Waals surface area contributed by atoms with Gasteiger partial charge in [0.25, 0.3) is 0 Å². The maximum atomic E-state index is 12.8. The molecule has 0 aliphatic carbocycles. The van der Waals surface area contributed by atoms with Crippen LogP contribution in [0, 0.1) is 5.82 Å². The van der Waals surface area contributed by atoms with Crippen molar-refractivity contribution in [2.45, 2.75) is 0 Å². The molecular weight excluding hydrogens is 221 g/mol. The highest BCUT2D eigenvalue weighted by Gasteiger charge is 2.07. The zero-order valence-corrected chi connectivity index (χ0v) is 8.72. The van der Waals surface area contributed by atoms with Gasteiger partial charge in [0, 0.05) is 12.1 Å². The molecule has 1 aromatic rings. The molecule has 0 aliphatic heterocycles. The predicted molar refractivity (Wildman–Crippen MR) is 55.7 cm³/mol. The summed E-state index contributed by atoms with van der Waals surface area (Å²) in [5.74, 6) is -0.734. The average molecular weight is 232 g/mol. The SMILES string of the molecule is O=C(CNCCO)c1ccc(F)c(Cl)c1. The van der Waals surface area contributed by atoms with Crippen molar-refractivity contribution in [2.75, 3.05) is 19.7 Å². The molecule has 5 heteroatoms. The highest BCUT2D eigenvalue weighted by atomic mass is 35.5.